The van der Waals surface area contributed by atoms with Crippen LogP contribution in [0.1, 0.15) is 29.2 Å². The Kier molecular flexibility index (Phi) is 7.50. The number of anilines is 1. The molecule has 3 aromatic carbocycles. The number of para-hydroxylation sites is 1. The molecule has 1 aliphatic heterocycles. The number of nitrogens with zero attached hydrogens (tertiary/aromatic N) is 1. The smallest absolute Gasteiger partial charge is 0.318 e. The Balaban J connectivity index is 1.52. The van der Waals surface area contributed by atoms with Crippen LogP contribution in [0.3, 0.4) is 0 Å². The summed E-state index contributed by atoms with van der Waals surface area (Å²) in [6.07, 6.45) is 0.757. The fourth-order valence-electron chi connectivity index (χ4n) is 4.30. The van der Waals surface area contributed by atoms with E-state index >= 15 is 0 Å². The molecule has 1 atom stereocenters. The van der Waals surface area contributed by atoms with Gasteiger partial charge in [0.25, 0.3) is 0 Å². The number of urea groups is 1. The SMILES string of the molecule is COc1cc2c(cc1OC)C(c1ccc(F)cc1)N(C(=O)NCCC(=O)Nc1ccccc1)CC2. The van der Waals surface area contributed by atoms with Crippen LogP contribution < -0.4 is 20.1 Å². The quantitative estimate of drug-likeness (QED) is 0.524. The molecule has 1 unspecified atom stereocenters. The second kappa shape index (κ2) is 10.9. The van der Waals surface area contributed by atoms with Crippen LogP contribution in [-0.2, 0) is 11.2 Å². The molecule has 0 saturated heterocycles. The Bertz CT molecular complexity index is 1190. The van der Waals surface area contributed by atoms with Crippen molar-refractivity contribution in [3.63, 3.8) is 0 Å². The van der Waals surface area contributed by atoms with Crippen LogP contribution in [0.15, 0.2) is 66.7 Å². The Morgan fingerprint density at radius 1 is 1.00 bits per heavy atom. The van der Waals surface area contributed by atoms with Crippen molar-refractivity contribution in [2.45, 2.75) is 18.9 Å². The number of hydrogen-bond acceptors (Lipinski definition) is 4. The van der Waals surface area contributed by atoms with E-state index in [0.29, 0.717) is 30.2 Å². The van der Waals surface area contributed by atoms with Gasteiger partial charge in [0, 0.05) is 25.2 Å². The molecule has 8 heteroatoms. The van der Waals surface area contributed by atoms with Crippen LogP contribution in [0, 0.1) is 5.82 Å². The maximum atomic E-state index is 13.7. The summed E-state index contributed by atoms with van der Waals surface area (Å²) in [6, 6.07) is 18.3. The number of ether oxygens (including phenoxy) is 2. The molecule has 1 aliphatic rings. The van der Waals surface area contributed by atoms with Crippen LogP contribution in [0.2, 0.25) is 0 Å². The molecule has 1 heterocycles. The number of nitrogens with one attached hydrogen (secondary N) is 2. The molecule has 0 fully saturated rings. The lowest BCUT2D eigenvalue weighted by Gasteiger charge is -2.38. The first-order valence-electron chi connectivity index (χ1n) is 11.4. The van der Waals surface area contributed by atoms with Gasteiger partial charge in [-0.2, -0.15) is 0 Å². The van der Waals surface area contributed by atoms with E-state index in [2.05, 4.69) is 10.6 Å². The lowest BCUT2D eigenvalue weighted by atomic mass is 9.88. The summed E-state index contributed by atoms with van der Waals surface area (Å²) >= 11 is 0. The molecule has 0 saturated carbocycles. The Hall–Kier alpha value is -4.07. The van der Waals surface area contributed by atoms with Crippen LogP contribution in [-0.4, -0.2) is 44.1 Å². The number of fused-ring (bicyclic) bond motifs is 1. The lowest BCUT2D eigenvalue weighted by molar-refractivity contribution is -0.116. The zero-order chi connectivity index (χ0) is 24.8. The van der Waals surface area contributed by atoms with Crippen LogP contribution in [0.25, 0.3) is 0 Å². The number of hydrogen-bond donors (Lipinski definition) is 2. The van der Waals surface area contributed by atoms with Gasteiger partial charge >= 0.3 is 6.03 Å². The van der Waals surface area contributed by atoms with Crippen molar-refractivity contribution >= 4 is 17.6 Å². The molecule has 2 N–H and O–H groups in total. The van der Waals surface area contributed by atoms with Gasteiger partial charge in [0.15, 0.2) is 11.5 Å². The first-order valence-corrected chi connectivity index (χ1v) is 11.4. The van der Waals surface area contributed by atoms with Gasteiger partial charge in [-0.15, -0.1) is 0 Å². The zero-order valence-corrected chi connectivity index (χ0v) is 19.7. The summed E-state index contributed by atoms with van der Waals surface area (Å²) < 4.78 is 24.6. The maximum absolute atomic E-state index is 13.7. The van der Waals surface area contributed by atoms with Crippen molar-refractivity contribution in [3.8, 4) is 11.5 Å². The molecule has 0 aromatic heterocycles. The predicted octanol–water partition coefficient (Wildman–Crippen LogP) is 4.53. The maximum Gasteiger partial charge on any atom is 0.318 e. The normalized spacial score (nSPS) is 14.6. The van der Waals surface area contributed by atoms with Gasteiger partial charge in [-0.25, -0.2) is 9.18 Å². The minimum atomic E-state index is -0.447. The van der Waals surface area contributed by atoms with Crippen LogP contribution in [0.4, 0.5) is 14.9 Å². The molecule has 3 amide bonds. The summed E-state index contributed by atoms with van der Waals surface area (Å²) in [5, 5.41) is 5.66. The second-order valence-electron chi connectivity index (χ2n) is 8.20. The van der Waals surface area contributed by atoms with E-state index < -0.39 is 6.04 Å². The van der Waals surface area contributed by atoms with E-state index in [1.54, 1.807) is 43.4 Å². The molecule has 0 aliphatic carbocycles. The first-order chi connectivity index (χ1) is 17.0. The van der Waals surface area contributed by atoms with Crippen LogP contribution >= 0.6 is 0 Å². The van der Waals surface area contributed by atoms with Crippen LogP contribution in [0.5, 0.6) is 11.5 Å². The number of halogens is 1. The number of benzene rings is 3. The highest BCUT2D eigenvalue weighted by Crippen LogP contribution is 2.41. The third-order valence-electron chi connectivity index (χ3n) is 6.01. The highest BCUT2D eigenvalue weighted by molar-refractivity contribution is 5.91. The second-order valence-corrected chi connectivity index (χ2v) is 8.20. The molecule has 35 heavy (non-hydrogen) atoms. The van der Waals surface area contributed by atoms with Gasteiger partial charge in [-0.1, -0.05) is 30.3 Å². The minimum Gasteiger partial charge on any atom is -0.493 e. The molecular formula is C27H28FN3O4. The summed E-state index contributed by atoms with van der Waals surface area (Å²) in [6.45, 7) is 0.634. The number of amides is 3. The Morgan fingerprint density at radius 3 is 2.37 bits per heavy atom. The van der Waals surface area contributed by atoms with Gasteiger partial charge in [0.1, 0.15) is 5.82 Å². The summed E-state index contributed by atoms with van der Waals surface area (Å²) in [5.74, 6) is 0.634. The third-order valence-corrected chi connectivity index (χ3v) is 6.01. The molecule has 3 aromatic rings. The topological polar surface area (TPSA) is 79.9 Å². The van der Waals surface area contributed by atoms with Crippen molar-refractivity contribution in [3.05, 3.63) is 89.2 Å². The van der Waals surface area contributed by atoms with Gasteiger partial charge in [0.2, 0.25) is 5.91 Å². The van der Waals surface area contributed by atoms with E-state index in [0.717, 1.165) is 16.7 Å². The van der Waals surface area contributed by atoms with E-state index in [1.165, 1.54) is 12.1 Å². The van der Waals surface area contributed by atoms with E-state index in [9.17, 15) is 14.0 Å². The molecule has 182 valence electrons. The van der Waals surface area contributed by atoms with Crippen molar-refractivity contribution in [2.24, 2.45) is 0 Å². The number of methoxy groups -OCH3 is 2. The molecule has 0 spiro atoms. The Morgan fingerprint density at radius 2 is 1.69 bits per heavy atom. The molecule has 0 bridgehead atoms. The largest absolute Gasteiger partial charge is 0.493 e. The fourth-order valence-corrected chi connectivity index (χ4v) is 4.30. The fraction of sp³-hybridized carbons (Fsp3) is 0.259. The average molecular weight is 478 g/mol. The van der Waals surface area contributed by atoms with Gasteiger partial charge in [-0.3, -0.25) is 4.79 Å². The summed E-state index contributed by atoms with van der Waals surface area (Å²) in [4.78, 5) is 27.2. The van der Waals surface area contributed by atoms with Crippen molar-refractivity contribution in [1.29, 1.82) is 0 Å². The Labute approximate surface area is 203 Å². The molecule has 4 rings (SSSR count). The zero-order valence-electron chi connectivity index (χ0n) is 19.7. The highest BCUT2D eigenvalue weighted by atomic mass is 19.1. The molecule has 0 radical (unpaired) electrons. The monoisotopic (exact) mass is 477 g/mol. The van der Waals surface area contributed by atoms with E-state index in [-0.39, 0.29) is 30.7 Å². The molecular weight excluding hydrogens is 449 g/mol. The van der Waals surface area contributed by atoms with Gasteiger partial charge in [0.05, 0.1) is 20.3 Å². The van der Waals surface area contributed by atoms with E-state index in [1.807, 2.05) is 30.3 Å². The first kappa shape index (κ1) is 24.1. The highest BCUT2D eigenvalue weighted by Gasteiger charge is 2.33. The average Bonchev–Trinajstić information content (AvgIpc) is 2.88. The third kappa shape index (κ3) is 5.54. The summed E-state index contributed by atoms with van der Waals surface area (Å²) in [5.41, 5.74) is 3.40. The van der Waals surface area contributed by atoms with Crippen molar-refractivity contribution in [1.82, 2.24) is 10.2 Å². The summed E-state index contributed by atoms with van der Waals surface area (Å²) in [7, 11) is 3.14. The number of carbonyl (C=O) groups excluding carboxylic acids is 2. The molecule has 7 nitrogen and oxygen atoms in total. The lowest BCUT2D eigenvalue weighted by Crippen LogP contribution is -2.46. The minimum absolute atomic E-state index is 0.136. The van der Waals surface area contributed by atoms with Crippen molar-refractivity contribution in [2.75, 3.05) is 32.6 Å². The predicted molar refractivity (Wildman–Crippen MR) is 131 cm³/mol. The van der Waals surface area contributed by atoms with Crippen molar-refractivity contribution < 1.29 is 23.5 Å². The van der Waals surface area contributed by atoms with E-state index in [4.69, 9.17) is 9.47 Å². The van der Waals surface area contributed by atoms with Gasteiger partial charge < -0.3 is 25.0 Å². The number of rotatable bonds is 7. The standard InChI is InChI=1S/C27H28FN3O4/c1-34-23-16-19-13-15-31(27(33)29-14-12-25(32)30-21-6-4-3-5-7-21)26(22(19)17-24(23)35-2)18-8-10-20(28)11-9-18/h3-11,16-17,26H,12-15H2,1-2H3,(H,29,33)(H,30,32). The number of carbonyl (C=O) groups is 2. The van der Waals surface area contributed by atoms with Gasteiger partial charge in [-0.05, 0) is 59.5 Å².